The van der Waals surface area contributed by atoms with Gasteiger partial charge in [0.15, 0.2) is 5.82 Å². The molecule has 7 nitrogen and oxygen atoms in total. The number of fused-ring (bicyclic) bond motifs is 2. The minimum Gasteiger partial charge on any atom is -0.360 e. The van der Waals surface area contributed by atoms with Gasteiger partial charge in [-0.3, -0.25) is 9.48 Å². The zero-order valence-corrected chi connectivity index (χ0v) is 15.0. The van der Waals surface area contributed by atoms with Crippen LogP contribution in [0.2, 0.25) is 0 Å². The number of nitrogens with zero attached hydrogens (tertiary/aromatic N) is 5. The molecule has 0 atom stereocenters. The van der Waals surface area contributed by atoms with Gasteiger partial charge in [0, 0.05) is 30.1 Å². The van der Waals surface area contributed by atoms with Gasteiger partial charge in [0.2, 0.25) is 0 Å². The molecule has 2 aliphatic rings. The molecule has 3 aromatic rings. The number of likely N-dealkylation sites (tertiary alicyclic amines) is 1. The van der Waals surface area contributed by atoms with Crippen molar-refractivity contribution in [1.82, 2.24) is 24.6 Å². The van der Waals surface area contributed by atoms with Crippen LogP contribution in [0.25, 0.3) is 11.4 Å². The second-order valence-electron chi connectivity index (χ2n) is 6.95. The summed E-state index contributed by atoms with van der Waals surface area (Å²) in [5.41, 5.74) is 3.03. The van der Waals surface area contributed by atoms with Gasteiger partial charge in [-0.25, -0.2) is 9.97 Å². The fourth-order valence-corrected chi connectivity index (χ4v) is 3.72. The minimum atomic E-state index is -0.471. The highest BCUT2D eigenvalue weighted by Gasteiger charge is 2.52. The molecular formula is C20H19N5O2. The number of rotatable bonds is 3. The highest BCUT2D eigenvalue weighted by Crippen LogP contribution is 2.43. The maximum absolute atomic E-state index is 12.6. The van der Waals surface area contributed by atoms with Crippen molar-refractivity contribution in [3.8, 4) is 11.4 Å². The number of amides is 1. The third-order valence-electron chi connectivity index (χ3n) is 5.26. The van der Waals surface area contributed by atoms with Crippen LogP contribution in [0.1, 0.15) is 28.5 Å². The van der Waals surface area contributed by atoms with Crippen LogP contribution in [0.15, 0.2) is 48.9 Å². The average Bonchev–Trinajstić information content (AvgIpc) is 3.31. The van der Waals surface area contributed by atoms with Crippen LogP contribution in [0, 0.1) is 0 Å². The summed E-state index contributed by atoms with van der Waals surface area (Å²) in [5, 5.41) is 4.18. The van der Waals surface area contributed by atoms with E-state index in [0.29, 0.717) is 31.1 Å². The summed E-state index contributed by atoms with van der Waals surface area (Å²) >= 11 is 0. The zero-order chi connectivity index (χ0) is 18.4. The molecule has 7 heteroatoms. The molecule has 136 valence electrons. The molecule has 1 spiro atoms. The Kier molecular flexibility index (Phi) is 3.58. The zero-order valence-electron chi connectivity index (χ0n) is 15.0. The fourth-order valence-electron chi connectivity index (χ4n) is 3.72. The second kappa shape index (κ2) is 5.99. The molecular weight excluding hydrogens is 342 g/mol. The van der Waals surface area contributed by atoms with E-state index in [4.69, 9.17) is 9.72 Å². The van der Waals surface area contributed by atoms with Crippen molar-refractivity contribution in [3.05, 3.63) is 65.7 Å². The normalized spacial score (nSPS) is 17.0. The largest absolute Gasteiger partial charge is 0.360 e. The number of aromatic nitrogens is 4. The average molecular weight is 361 g/mol. The smallest absolute Gasteiger partial charge is 0.257 e. The summed E-state index contributed by atoms with van der Waals surface area (Å²) in [7, 11) is 0. The molecule has 1 saturated heterocycles. The summed E-state index contributed by atoms with van der Waals surface area (Å²) in [6.45, 7) is 4.23. The Balaban J connectivity index is 1.35. The van der Waals surface area contributed by atoms with Gasteiger partial charge in [-0.1, -0.05) is 30.3 Å². The van der Waals surface area contributed by atoms with Crippen LogP contribution in [0.3, 0.4) is 0 Å². The molecule has 0 saturated carbocycles. The number of carbonyl (C=O) groups is 1. The van der Waals surface area contributed by atoms with Gasteiger partial charge in [-0.15, -0.1) is 0 Å². The topological polar surface area (TPSA) is 73.1 Å². The molecule has 2 aromatic heterocycles. The Bertz CT molecular complexity index is 1010. The van der Waals surface area contributed by atoms with Crippen LogP contribution >= 0.6 is 0 Å². The van der Waals surface area contributed by atoms with Crippen molar-refractivity contribution in [2.75, 3.05) is 13.1 Å². The van der Waals surface area contributed by atoms with Crippen molar-refractivity contribution in [2.24, 2.45) is 0 Å². The lowest BCUT2D eigenvalue weighted by molar-refractivity contribution is -0.126. The summed E-state index contributed by atoms with van der Waals surface area (Å²) < 4.78 is 7.82. The quantitative estimate of drug-likeness (QED) is 0.715. The molecule has 5 rings (SSSR count). The van der Waals surface area contributed by atoms with Gasteiger partial charge < -0.3 is 9.64 Å². The molecule has 0 aliphatic carbocycles. The van der Waals surface area contributed by atoms with Crippen LogP contribution in [-0.4, -0.2) is 43.6 Å². The molecule has 0 bridgehead atoms. The lowest BCUT2D eigenvalue weighted by Gasteiger charge is -2.47. The first kappa shape index (κ1) is 16.1. The third-order valence-corrected chi connectivity index (χ3v) is 5.26. The second-order valence-corrected chi connectivity index (χ2v) is 6.95. The Morgan fingerprint density at radius 2 is 2.04 bits per heavy atom. The van der Waals surface area contributed by atoms with E-state index in [0.717, 1.165) is 23.4 Å². The van der Waals surface area contributed by atoms with Crippen LogP contribution < -0.4 is 0 Å². The van der Waals surface area contributed by atoms with Gasteiger partial charge in [0.25, 0.3) is 5.91 Å². The van der Waals surface area contributed by atoms with E-state index in [1.807, 2.05) is 43.5 Å². The number of ether oxygens (including phenoxy) is 1. The van der Waals surface area contributed by atoms with Gasteiger partial charge in [-0.2, -0.15) is 5.10 Å². The third kappa shape index (κ3) is 2.54. The Morgan fingerprint density at radius 3 is 2.78 bits per heavy atom. The van der Waals surface area contributed by atoms with E-state index in [1.165, 1.54) is 0 Å². The van der Waals surface area contributed by atoms with Crippen molar-refractivity contribution in [2.45, 2.75) is 25.7 Å². The maximum atomic E-state index is 12.6. The number of carbonyl (C=O) groups excluding carboxylic acids is 1. The summed E-state index contributed by atoms with van der Waals surface area (Å²) in [6, 6.07) is 9.90. The first-order valence-electron chi connectivity index (χ1n) is 9.06. The minimum absolute atomic E-state index is 0.0146. The Hall–Kier alpha value is -3.06. The van der Waals surface area contributed by atoms with Crippen molar-refractivity contribution < 1.29 is 9.53 Å². The molecule has 27 heavy (non-hydrogen) atoms. The van der Waals surface area contributed by atoms with Gasteiger partial charge in [0.05, 0.1) is 37.2 Å². The van der Waals surface area contributed by atoms with E-state index in [2.05, 4.69) is 10.1 Å². The monoisotopic (exact) mass is 361 g/mol. The molecule has 0 N–H and O–H groups in total. The molecule has 0 radical (unpaired) electrons. The van der Waals surface area contributed by atoms with Crippen molar-refractivity contribution in [3.63, 3.8) is 0 Å². The van der Waals surface area contributed by atoms with E-state index < -0.39 is 5.60 Å². The molecule has 0 unspecified atom stereocenters. The number of aryl methyl sites for hydroxylation is 1. The first-order valence-corrected chi connectivity index (χ1v) is 9.06. The van der Waals surface area contributed by atoms with Crippen LogP contribution in [0.4, 0.5) is 0 Å². The molecule has 4 heterocycles. The first-order chi connectivity index (χ1) is 13.2. The highest BCUT2D eigenvalue weighted by molar-refractivity contribution is 5.94. The predicted octanol–water partition coefficient (Wildman–Crippen LogP) is 2.24. The maximum Gasteiger partial charge on any atom is 0.257 e. The summed E-state index contributed by atoms with van der Waals surface area (Å²) in [5.74, 6) is 0.688. The number of hydrogen-bond acceptors (Lipinski definition) is 5. The van der Waals surface area contributed by atoms with Gasteiger partial charge >= 0.3 is 0 Å². The Morgan fingerprint density at radius 1 is 1.22 bits per heavy atom. The Labute approximate surface area is 156 Å². The fraction of sp³-hybridized carbons (Fsp3) is 0.300. The predicted molar refractivity (Wildman–Crippen MR) is 97.7 cm³/mol. The van der Waals surface area contributed by atoms with E-state index >= 15 is 0 Å². The molecule has 2 aliphatic heterocycles. The van der Waals surface area contributed by atoms with Crippen molar-refractivity contribution >= 4 is 5.91 Å². The standard InChI is InChI=1S/C20H19N5O2/c1-2-25-10-15(8-22-25)19(26)24-12-20(13-24)16-9-21-18(23-17(16)11-27-20)14-6-4-3-5-7-14/h3-10H,2,11-13H2,1H3. The van der Waals surface area contributed by atoms with E-state index in [1.54, 1.807) is 22.0 Å². The lowest BCUT2D eigenvalue weighted by Crippen LogP contribution is -2.61. The van der Waals surface area contributed by atoms with E-state index in [9.17, 15) is 4.79 Å². The van der Waals surface area contributed by atoms with Crippen LogP contribution in [0.5, 0.6) is 0 Å². The van der Waals surface area contributed by atoms with Crippen LogP contribution in [-0.2, 0) is 23.5 Å². The number of benzene rings is 1. The van der Waals surface area contributed by atoms with E-state index in [-0.39, 0.29) is 5.91 Å². The molecule has 1 aromatic carbocycles. The lowest BCUT2D eigenvalue weighted by atomic mass is 9.87. The van der Waals surface area contributed by atoms with Crippen molar-refractivity contribution in [1.29, 1.82) is 0 Å². The SMILES string of the molecule is CCn1cc(C(=O)N2CC3(C2)OCc2nc(-c4ccccc4)ncc23)cn1. The summed E-state index contributed by atoms with van der Waals surface area (Å²) in [6.07, 6.45) is 5.26. The van der Waals surface area contributed by atoms with Gasteiger partial charge in [0.1, 0.15) is 5.60 Å². The highest BCUT2D eigenvalue weighted by atomic mass is 16.5. The molecule has 1 amide bonds. The number of hydrogen-bond donors (Lipinski definition) is 0. The summed E-state index contributed by atoms with van der Waals surface area (Å²) in [4.78, 5) is 23.6. The molecule has 1 fully saturated rings. The van der Waals surface area contributed by atoms with Gasteiger partial charge in [-0.05, 0) is 6.92 Å².